The van der Waals surface area contributed by atoms with Crippen LogP contribution in [0.4, 0.5) is 0 Å². The molecule has 8 heteroatoms. The minimum atomic E-state index is -0.238. The fourth-order valence-corrected chi connectivity index (χ4v) is 2.44. The summed E-state index contributed by atoms with van der Waals surface area (Å²) in [7, 11) is 0. The van der Waals surface area contributed by atoms with Crippen LogP contribution in [0.5, 0.6) is 0 Å². The first-order valence-electron chi connectivity index (χ1n) is 6.70. The van der Waals surface area contributed by atoms with Crippen molar-refractivity contribution in [2.24, 2.45) is 0 Å². The van der Waals surface area contributed by atoms with Crippen LogP contribution in [0.3, 0.4) is 0 Å². The number of halogens is 2. The van der Waals surface area contributed by atoms with Crippen molar-refractivity contribution in [3.63, 3.8) is 0 Å². The van der Waals surface area contributed by atoms with Gasteiger partial charge in [-0.3, -0.25) is 4.79 Å². The number of carbonyl (C=O) groups excluding carboxylic acids is 1. The third kappa shape index (κ3) is 3.75. The van der Waals surface area contributed by atoms with Gasteiger partial charge in [0.2, 0.25) is 0 Å². The van der Waals surface area contributed by atoms with Crippen molar-refractivity contribution in [2.45, 2.75) is 6.54 Å². The van der Waals surface area contributed by atoms with Gasteiger partial charge in [0.25, 0.3) is 5.91 Å². The maximum atomic E-state index is 12.1. The van der Waals surface area contributed by atoms with Gasteiger partial charge in [-0.2, -0.15) is 4.68 Å². The van der Waals surface area contributed by atoms with Crippen molar-refractivity contribution in [1.29, 1.82) is 0 Å². The Kier molecular flexibility index (Phi) is 4.68. The number of nitrogens with one attached hydrogen (secondary N) is 1. The number of tetrazole rings is 1. The molecule has 0 aliphatic rings. The number of carbonyl (C=O) groups is 1. The fraction of sp³-hybridized carbons (Fsp3) is 0.0667. The Hall–Kier alpha value is -2.25. The quantitative estimate of drug-likeness (QED) is 0.741. The summed E-state index contributed by atoms with van der Waals surface area (Å²) in [5, 5.41) is 14.9. The highest BCUT2D eigenvalue weighted by atomic mass is 79.9. The van der Waals surface area contributed by atoms with E-state index in [1.54, 1.807) is 28.9 Å². The molecule has 1 aromatic heterocycles. The largest absolute Gasteiger partial charge is 0.345 e. The topological polar surface area (TPSA) is 72.7 Å². The molecule has 0 saturated heterocycles. The van der Waals surface area contributed by atoms with Gasteiger partial charge < -0.3 is 5.32 Å². The van der Waals surface area contributed by atoms with Crippen molar-refractivity contribution in [1.82, 2.24) is 25.5 Å². The molecule has 0 bridgehead atoms. The molecule has 0 saturated carbocycles. The minimum absolute atomic E-state index is 0.203. The van der Waals surface area contributed by atoms with Crippen molar-refractivity contribution < 1.29 is 4.79 Å². The minimum Gasteiger partial charge on any atom is -0.345 e. The van der Waals surface area contributed by atoms with Crippen LogP contribution in [0.15, 0.2) is 53.0 Å². The second kappa shape index (κ2) is 6.89. The molecule has 1 N–H and O–H groups in total. The van der Waals surface area contributed by atoms with Crippen LogP contribution in [0.1, 0.15) is 16.2 Å². The molecular weight excluding hydrogens is 382 g/mol. The van der Waals surface area contributed by atoms with Gasteiger partial charge in [-0.15, -0.1) is 5.10 Å². The van der Waals surface area contributed by atoms with Crippen LogP contribution in [0.2, 0.25) is 5.02 Å². The molecule has 0 unspecified atom stereocenters. The van der Waals surface area contributed by atoms with E-state index < -0.39 is 0 Å². The molecular formula is C15H11BrClN5O. The van der Waals surface area contributed by atoms with Gasteiger partial charge in [0.15, 0.2) is 5.82 Å². The number of amides is 1. The average Bonchev–Trinajstić information content (AvgIpc) is 3.02. The molecule has 0 aliphatic carbocycles. The Morgan fingerprint density at radius 2 is 2.00 bits per heavy atom. The first kappa shape index (κ1) is 15.6. The third-order valence-corrected chi connectivity index (χ3v) is 3.86. The number of benzene rings is 2. The highest BCUT2D eigenvalue weighted by Gasteiger charge is 2.11. The van der Waals surface area contributed by atoms with E-state index in [0.717, 1.165) is 10.2 Å². The zero-order valence-corrected chi connectivity index (χ0v) is 14.1. The first-order valence-corrected chi connectivity index (χ1v) is 7.87. The normalized spacial score (nSPS) is 10.5. The lowest BCUT2D eigenvalue weighted by atomic mass is 10.2. The van der Waals surface area contributed by atoms with Crippen LogP contribution < -0.4 is 5.32 Å². The highest BCUT2D eigenvalue weighted by Crippen LogP contribution is 2.14. The molecule has 2 aromatic carbocycles. The molecule has 0 fully saturated rings. The molecule has 0 spiro atoms. The Bertz CT molecular complexity index is 834. The van der Waals surface area contributed by atoms with E-state index in [1.165, 1.54) is 0 Å². The molecule has 3 aromatic rings. The lowest BCUT2D eigenvalue weighted by Crippen LogP contribution is -2.24. The second-order valence-electron chi connectivity index (χ2n) is 4.68. The summed E-state index contributed by atoms with van der Waals surface area (Å²) in [6.07, 6.45) is 0. The summed E-state index contributed by atoms with van der Waals surface area (Å²) in [4.78, 5) is 12.1. The fourth-order valence-electron chi connectivity index (χ4n) is 1.99. The first-order chi connectivity index (χ1) is 11.1. The number of hydrogen-bond acceptors (Lipinski definition) is 4. The molecule has 6 nitrogen and oxygen atoms in total. The van der Waals surface area contributed by atoms with E-state index in [-0.39, 0.29) is 12.5 Å². The standard InChI is InChI=1S/C15H11BrClN5O/c16-11-4-6-13(7-5-11)22-14(19-20-21-22)9-18-15(23)10-2-1-3-12(17)8-10/h1-8H,9H2,(H,18,23). The number of aromatic nitrogens is 4. The molecule has 3 rings (SSSR count). The Balaban J connectivity index is 1.73. The monoisotopic (exact) mass is 391 g/mol. The van der Waals surface area contributed by atoms with Gasteiger partial charge in [0, 0.05) is 15.1 Å². The number of hydrogen-bond donors (Lipinski definition) is 1. The molecule has 1 amide bonds. The average molecular weight is 393 g/mol. The summed E-state index contributed by atoms with van der Waals surface area (Å²) in [6.45, 7) is 0.203. The Morgan fingerprint density at radius 3 is 2.74 bits per heavy atom. The van der Waals surface area contributed by atoms with Crippen molar-refractivity contribution in [2.75, 3.05) is 0 Å². The van der Waals surface area contributed by atoms with E-state index in [9.17, 15) is 4.79 Å². The summed E-state index contributed by atoms with van der Waals surface area (Å²) in [5.74, 6) is 0.292. The Labute approximate surface area is 145 Å². The molecule has 0 radical (unpaired) electrons. The summed E-state index contributed by atoms with van der Waals surface area (Å²) in [5.41, 5.74) is 1.30. The zero-order chi connectivity index (χ0) is 16.2. The lowest BCUT2D eigenvalue weighted by Gasteiger charge is -2.07. The van der Waals surface area contributed by atoms with Crippen LogP contribution in [0.25, 0.3) is 5.69 Å². The predicted molar refractivity (Wildman–Crippen MR) is 89.5 cm³/mol. The highest BCUT2D eigenvalue weighted by molar-refractivity contribution is 9.10. The van der Waals surface area contributed by atoms with E-state index in [1.807, 2.05) is 24.3 Å². The van der Waals surface area contributed by atoms with Gasteiger partial charge in [0.05, 0.1) is 12.2 Å². The van der Waals surface area contributed by atoms with E-state index in [4.69, 9.17) is 11.6 Å². The van der Waals surface area contributed by atoms with Crippen molar-refractivity contribution in [3.8, 4) is 5.69 Å². The van der Waals surface area contributed by atoms with Crippen LogP contribution in [-0.2, 0) is 6.54 Å². The number of nitrogens with zero attached hydrogens (tertiary/aromatic N) is 4. The van der Waals surface area contributed by atoms with E-state index >= 15 is 0 Å². The molecule has 0 aliphatic heterocycles. The van der Waals surface area contributed by atoms with Crippen molar-refractivity contribution >= 4 is 33.4 Å². The third-order valence-electron chi connectivity index (χ3n) is 3.10. The molecule has 23 heavy (non-hydrogen) atoms. The second-order valence-corrected chi connectivity index (χ2v) is 6.03. The molecule has 116 valence electrons. The summed E-state index contributed by atoms with van der Waals surface area (Å²) in [6, 6.07) is 14.3. The van der Waals surface area contributed by atoms with Gasteiger partial charge in [-0.05, 0) is 52.9 Å². The predicted octanol–water partition coefficient (Wildman–Crippen LogP) is 3.01. The maximum absolute atomic E-state index is 12.1. The maximum Gasteiger partial charge on any atom is 0.251 e. The zero-order valence-electron chi connectivity index (χ0n) is 11.8. The summed E-state index contributed by atoms with van der Waals surface area (Å²) >= 11 is 9.27. The SMILES string of the molecule is O=C(NCc1nnnn1-c1ccc(Br)cc1)c1cccc(Cl)c1. The van der Waals surface area contributed by atoms with Crippen molar-refractivity contribution in [3.05, 3.63) is 69.4 Å². The van der Waals surface area contributed by atoms with Gasteiger partial charge >= 0.3 is 0 Å². The molecule has 1 heterocycles. The van der Waals surface area contributed by atoms with Crippen LogP contribution in [-0.4, -0.2) is 26.1 Å². The summed E-state index contributed by atoms with van der Waals surface area (Å²) < 4.78 is 2.54. The Morgan fingerprint density at radius 1 is 1.22 bits per heavy atom. The van der Waals surface area contributed by atoms with Crippen LogP contribution in [0, 0.1) is 0 Å². The van der Waals surface area contributed by atoms with Crippen LogP contribution >= 0.6 is 27.5 Å². The van der Waals surface area contributed by atoms with Gasteiger partial charge in [0.1, 0.15) is 0 Å². The lowest BCUT2D eigenvalue weighted by molar-refractivity contribution is 0.0949. The van der Waals surface area contributed by atoms with Gasteiger partial charge in [-0.25, -0.2) is 0 Å². The smallest absolute Gasteiger partial charge is 0.251 e. The number of rotatable bonds is 4. The van der Waals surface area contributed by atoms with E-state index in [2.05, 4.69) is 36.8 Å². The van der Waals surface area contributed by atoms with Gasteiger partial charge in [-0.1, -0.05) is 33.6 Å². The van der Waals surface area contributed by atoms with E-state index in [0.29, 0.717) is 16.4 Å². The molecule has 0 atom stereocenters.